The van der Waals surface area contributed by atoms with Crippen LogP contribution in [0.3, 0.4) is 0 Å². The Balaban J connectivity index is 2.72. The quantitative estimate of drug-likeness (QED) is 0.703. The molecule has 84 valence electrons. The summed E-state index contributed by atoms with van der Waals surface area (Å²) in [6.07, 6.45) is -0.324. The third kappa shape index (κ3) is 3.49. The molecule has 15 heavy (non-hydrogen) atoms. The number of hydrogen-bond donors (Lipinski definition) is 1. The van der Waals surface area contributed by atoms with Gasteiger partial charge in [-0.3, -0.25) is 4.79 Å². The molecule has 1 aliphatic rings. The molecule has 0 aliphatic carbocycles. The highest BCUT2D eigenvalue weighted by Crippen LogP contribution is 2.20. The van der Waals surface area contributed by atoms with Crippen molar-refractivity contribution in [3.8, 4) is 10.8 Å². The standard InChI is InChI=1S/C10H14BrNO3/c1-10(2)7-12(9(14)3-4-11)5-8(6-13)15-10/h8,13H,5-7H2,1-2H3. The summed E-state index contributed by atoms with van der Waals surface area (Å²) in [5, 5.41) is 9.04. The van der Waals surface area contributed by atoms with E-state index in [1.54, 1.807) is 4.90 Å². The minimum atomic E-state index is -0.435. The number of nitrogens with zero attached hydrogens (tertiary/aromatic N) is 1. The summed E-state index contributed by atoms with van der Waals surface area (Å²) in [5.74, 6) is 2.17. The van der Waals surface area contributed by atoms with Gasteiger partial charge in [-0.15, -0.1) is 0 Å². The molecule has 1 atom stereocenters. The maximum absolute atomic E-state index is 11.5. The minimum absolute atomic E-state index is 0.0883. The topological polar surface area (TPSA) is 49.8 Å². The van der Waals surface area contributed by atoms with Gasteiger partial charge in [0.25, 0.3) is 5.91 Å². The van der Waals surface area contributed by atoms with E-state index in [1.807, 2.05) is 13.8 Å². The highest BCUT2D eigenvalue weighted by Gasteiger charge is 2.34. The number of rotatable bonds is 1. The van der Waals surface area contributed by atoms with Gasteiger partial charge in [0.15, 0.2) is 0 Å². The van der Waals surface area contributed by atoms with E-state index < -0.39 is 5.60 Å². The second-order valence-electron chi connectivity index (χ2n) is 4.09. The molecule has 1 aliphatic heterocycles. The van der Waals surface area contributed by atoms with Crippen LogP contribution in [0.1, 0.15) is 13.8 Å². The van der Waals surface area contributed by atoms with Crippen molar-refractivity contribution >= 4 is 21.8 Å². The number of hydrogen-bond acceptors (Lipinski definition) is 3. The second kappa shape index (κ2) is 4.97. The lowest BCUT2D eigenvalue weighted by atomic mass is 10.1. The van der Waals surface area contributed by atoms with Crippen molar-refractivity contribution in [2.45, 2.75) is 25.6 Å². The molecular formula is C10H14BrNO3. The summed E-state index contributed by atoms with van der Waals surface area (Å²) in [5.41, 5.74) is -0.435. The zero-order valence-electron chi connectivity index (χ0n) is 8.79. The summed E-state index contributed by atoms with van der Waals surface area (Å²) < 4.78 is 5.58. The first-order valence-electron chi connectivity index (χ1n) is 4.68. The summed E-state index contributed by atoms with van der Waals surface area (Å²) in [6, 6.07) is 0. The smallest absolute Gasteiger partial charge is 0.299 e. The molecule has 0 spiro atoms. The molecule has 1 saturated heterocycles. The van der Waals surface area contributed by atoms with Crippen molar-refractivity contribution in [3.05, 3.63) is 0 Å². The molecule has 1 heterocycles. The highest BCUT2D eigenvalue weighted by molar-refractivity contribution is 9.12. The van der Waals surface area contributed by atoms with Crippen LogP contribution in [-0.4, -0.2) is 47.3 Å². The van der Waals surface area contributed by atoms with Gasteiger partial charge in [-0.1, -0.05) is 0 Å². The van der Waals surface area contributed by atoms with Crippen LogP contribution in [0, 0.1) is 10.8 Å². The third-order valence-corrected chi connectivity index (χ3v) is 2.32. The van der Waals surface area contributed by atoms with Crippen molar-refractivity contribution in [1.29, 1.82) is 0 Å². The van der Waals surface area contributed by atoms with Gasteiger partial charge in [-0.2, -0.15) is 0 Å². The highest BCUT2D eigenvalue weighted by atomic mass is 79.9. The van der Waals surface area contributed by atoms with E-state index in [0.717, 1.165) is 0 Å². The number of aliphatic hydroxyl groups excluding tert-OH is 1. The second-order valence-corrected chi connectivity index (χ2v) is 4.48. The van der Waals surface area contributed by atoms with Crippen molar-refractivity contribution in [1.82, 2.24) is 4.90 Å². The zero-order chi connectivity index (χ0) is 11.5. The minimum Gasteiger partial charge on any atom is -0.394 e. The molecule has 1 unspecified atom stereocenters. The monoisotopic (exact) mass is 275 g/mol. The first-order valence-corrected chi connectivity index (χ1v) is 5.47. The third-order valence-electron chi connectivity index (χ3n) is 2.13. The summed E-state index contributed by atoms with van der Waals surface area (Å²) >= 11 is 2.89. The van der Waals surface area contributed by atoms with Crippen LogP contribution in [0.25, 0.3) is 0 Å². The van der Waals surface area contributed by atoms with E-state index in [2.05, 4.69) is 26.7 Å². The van der Waals surface area contributed by atoms with Crippen LogP contribution in [-0.2, 0) is 9.53 Å². The number of ether oxygens (including phenoxy) is 1. The summed E-state index contributed by atoms with van der Waals surface area (Å²) in [7, 11) is 0. The Kier molecular flexibility index (Phi) is 4.14. The van der Waals surface area contributed by atoms with Crippen molar-refractivity contribution < 1.29 is 14.6 Å². The SMILES string of the molecule is CC1(C)CN(C(=O)C#CBr)CC(CO)O1. The van der Waals surface area contributed by atoms with Crippen molar-refractivity contribution in [2.75, 3.05) is 19.7 Å². The van der Waals surface area contributed by atoms with Crippen LogP contribution in [0.2, 0.25) is 0 Å². The Morgan fingerprint density at radius 2 is 2.40 bits per heavy atom. The average molecular weight is 276 g/mol. The van der Waals surface area contributed by atoms with E-state index in [1.165, 1.54) is 0 Å². The Bertz CT molecular complexity index is 306. The maximum Gasteiger partial charge on any atom is 0.299 e. The van der Waals surface area contributed by atoms with Crippen LogP contribution in [0.4, 0.5) is 0 Å². The van der Waals surface area contributed by atoms with E-state index in [9.17, 15) is 4.79 Å². The zero-order valence-corrected chi connectivity index (χ0v) is 10.4. The molecule has 0 aromatic heterocycles. The normalized spacial score (nSPS) is 24.3. The molecule has 0 aromatic rings. The predicted molar refractivity (Wildman–Crippen MR) is 59.3 cm³/mol. The Morgan fingerprint density at radius 1 is 1.73 bits per heavy atom. The van der Waals surface area contributed by atoms with Gasteiger partial charge in [0.05, 0.1) is 31.4 Å². The Hall–Kier alpha value is -0.570. The Labute approximate surface area is 97.7 Å². The van der Waals surface area contributed by atoms with Crippen molar-refractivity contribution in [2.24, 2.45) is 0 Å². The van der Waals surface area contributed by atoms with E-state index in [4.69, 9.17) is 9.84 Å². The van der Waals surface area contributed by atoms with Gasteiger partial charge < -0.3 is 14.7 Å². The van der Waals surface area contributed by atoms with Gasteiger partial charge in [0.2, 0.25) is 0 Å². The molecule has 1 N–H and O–H groups in total. The largest absolute Gasteiger partial charge is 0.394 e. The predicted octanol–water partition coefficient (Wildman–Crippen LogP) is 0.341. The number of amides is 1. The fraction of sp³-hybridized carbons (Fsp3) is 0.700. The summed E-state index contributed by atoms with van der Waals surface area (Å²) in [6.45, 7) is 4.56. The number of morpholine rings is 1. The van der Waals surface area contributed by atoms with Crippen LogP contribution >= 0.6 is 15.9 Å². The number of aliphatic hydroxyl groups is 1. The van der Waals surface area contributed by atoms with Crippen LogP contribution in [0.5, 0.6) is 0 Å². The van der Waals surface area contributed by atoms with Crippen LogP contribution < -0.4 is 0 Å². The summed E-state index contributed by atoms with van der Waals surface area (Å²) in [4.78, 5) is 15.5. The lowest BCUT2D eigenvalue weighted by molar-refractivity contribution is -0.162. The maximum atomic E-state index is 11.5. The fourth-order valence-corrected chi connectivity index (χ4v) is 1.83. The first kappa shape index (κ1) is 12.5. The Morgan fingerprint density at radius 3 is 2.93 bits per heavy atom. The number of carbonyl (C=O) groups is 1. The molecule has 0 aromatic carbocycles. The first-order chi connectivity index (χ1) is 6.98. The molecular weight excluding hydrogens is 262 g/mol. The lowest BCUT2D eigenvalue weighted by Gasteiger charge is -2.41. The fourth-order valence-electron chi connectivity index (χ4n) is 1.66. The van der Waals surface area contributed by atoms with Gasteiger partial charge >= 0.3 is 0 Å². The molecule has 1 amide bonds. The molecule has 1 rings (SSSR count). The van der Waals surface area contributed by atoms with Gasteiger partial charge in [-0.05, 0) is 18.7 Å². The van der Waals surface area contributed by atoms with E-state index in [0.29, 0.717) is 13.1 Å². The lowest BCUT2D eigenvalue weighted by Crippen LogP contribution is -2.55. The van der Waals surface area contributed by atoms with Crippen LogP contribution in [0.15, 0.2) is 0 Å². The molecule has 0 saturated carbocycles. The van der Waals surface area contributed by atoms with E-state index in [-0.39, 0.29) is 18.6 Å². The van der Waals surface area contributed by atoms with Crippen molar-refractivity contribution in [3.63, 3.8) is 0 Å². The average Bonchev–Trinajstić information content (AvgIpc) is 2.15. The van der Waals surface area contributed by atoms with Gasteiger partial charge in [0, 0.05) is 21.9 Å². The molecule has 4 nitrogen and oxygen atoms in total. The molecule has 5 heteroatoms. The number of halogens is 1. The molecule has 0 radical (unpaired) electrons. The molecule has 0 bridgehead atoms. The molecule has 1 fully saturated rings. The van der Waals surface area contributed by atoms with E-state index >= 15 is 0 Å². The van der Waals surface area contributed by atoms with Gasteiger partial charge in [-0.25, -0.2) is 0 Å². The number of carbonyl (C=O) groups excluding carboxylic acids is 1. The van der Waals surface area contributed by atoms with Gasteiger partial charge in [0.1, 0.15) is 0 Å².